The van der Waals surface area contributed by atoms with Gasteiger partial charge in [-0.1, -0.05) is 23.7 Å². The minimum atomic E-state index is -6.00. The molecule has 2 atom stereocenters. The maximum atomic E-state index is 13.3. The van der Waals surface area contributed by atoms with E-state index in [1.54, 1.807) is 4.90 Å². The van der Waals surface area contributed by atoms with Crippen LogP contribution >= 0.6 is 11.6 Å². The minimum absolute atomic E-state index is 0.000925. The van der Waals surface area contributed by atoms with E-state index in [1.807, 2.05) is 6.92 Å². The molecule has 0 aliphatic carbocycles. The smallest absolute Gasteiger partial charge is 0.379 e. The van der Waals surface area contributed by atoms with Crippen LogP contribution in [0.15, 0.2) is 47.5 Å². The largest absolute Gasteiger partial charge is 0.430 e. The number of hydrogen-bond acceptors (Lipinski definition) is 7. The predicted octanol–water partition coefficient (Wildman–Crippen LogP) is 3.65. The summed E-state index contributed by atoms with van der Waals surface area (Å²) >= 11 is 5.79. The Morgan fingerprint density at radius 3 is 2.23 bits per heavy atom. The highest BCUT2D eigenvalue weighted by molar-refractivity contribution is 7.89. The molecule has 2 fully saturated rings. The standard InChI is InChI=1S/C24H27ClF6N4O4S/c1-16-15-39-11-10-33(16)13-19-14-34(40(37,38)20-6-7-21(25)32-12-20)8-9-35(19)18-4-2-17(3-5-18)22(36,23(26,27)28)24(29,30)31/h2-7,12,16,19,36H,8-11,13-15H2,1H3/t16-,19-/m0/s1. The summed E-state index contributed by atoms with van der Waals surface area (Å²) in [4.78, 5) is 7.60. The molecule has 8 nitrogen and oxygen atoms in total. The van der Waals surface area contributed by atoms with Crippen molar-refractivity contribution in [2.24, 2.45) is 0 Å². The molecule has 0 bridgehead atoms. The molecule has 2 aliphatic heterocycles. The van der Waals surface area contributed by atoms with Gasteiger partial charge in [0.05, 0.1) is 19.3 Å². The predicted molar refractivity (Wildman–Crippen MR) is 133 cm³/mol. The van der Waals surface area contributed by atoms with E-state index in [1.165, 1.54) is 16.4 Å². The first kappa shape index (κ1) is 30.8. The van der Waals surface area contributed by atoms with Crippen molar-refractivity contribution in [3.8, 4) is 0 Å². The van der Waals surface area contributed by atoms with E-state index in [2.05, 4.69) is 9.88 Å². The van der Waals surface area contributed by atoms with Crippen molar-refractivity contribution in [1.82, 2.24) is 14.2 Å². The number of aromatic nitrogens is 1. The molecule has 0 saturated carbocycles. The fourth-order valence-corrected chi connectivity index (χ4v) is 6.42. The lowest BCUT2D eigenvalue weighted by Crippen LogP contribution is -2.60. The van der Waals surface area contributed by atoms with Gasteiger partial charge in [-0.05, 0) is 31.2 Å². The lowest BCUT2D eigenvalue weighted by atomic mass is 9.92. The number of aliphatic hydroxyl groups is 1. The summed E-state index contributed by atoms with van der Waals surface area (Å²) in [5, 5.41) is 9.85. The highest BCUT2D eigenvalue weighted by Crippen LogP contribution is 2.50. The van der Waals surface area contributed by atoms with Gasteiger partial charge in [-0.2, -0.15) is 30.6 Å². The summed E-state index contributed by atoms with van der Waals surface area (Å²) in [6, 6.07) is 5.49. The van der Waals surface area contributed by atoms with Crippen LogP contribution in [0.2, 0.25) is 5.15 Å². The first-order valence-corrected chi connectivity index (χ1v) is 14.0. The van der Waals surface area contributed by atoms with Crippen LogP contribution in [0, 0.1) is 0 Å². The van der Waals surface area contributed by atoms with E-state index in [9.17, 15) is 39.9 Å². The highest BCUT2D eigenvalue weighted by Gasteiger charge is 2.71. The third-order valence-electron chi connectivity index (χ3n) is 7.17. The molecule has 0 amide bonds. The normalized spacial score (nSPS) is 22.5. The summed E-state index contributed by atoms with van der Waals surface area (Å²) in [5.41, 5.74) is -6.13. The first-order chi connectivity index (χ1) is 18.6. The Morgan fingerprint density at radius 2 is 1.68 bits per heavy atom. The van der Waals surface area contributed by atoms with Crippen LogP contribution in [-0.2, 0) is 20.4 Å². The van der Waals surface area contributed by atoms with Crippen molar-refractivity contribution in [1.29, 1.82) is 0 Å². The summed E-state index contributed by atoms with van der Waals surface area (Å²) < 4.78 is 113. The number of benzene rings is 1. The molecule has 4 rings (SSSR count). The third-order valence-corrected chi connectivity index (χ3v) is 9.24. The molecule has 0 spiro atoms. The Bertz CT molecular complexity index is 1260. The van der Waals surface area contributed by atoms with Crippen LogP contribution in [-0.4, -0.2) is 98.1 Å². The number of alkyl halides is 6. The van der Waals surface area contributed by atoms with Crippen LogP contribution < -0.4 is 4.90 Å². The molecular formula is C24H27ClF6N4O4S. The van der Waals surface area contributed by atoms with Crippen molar-refractivity contribution in [2.75, 3.05) is 50.8 Å². The Balaban J connectivity index is 1.65. The maximum Gasteiger partial charge on any atom is 0.430 e. The van der Waals surface area contributed by atoms with Crippen LogP contribution in [0.3, 0.4) is 0 Å². The quantitative estimate of drug-likeness (QED) is 0.392. The number of piperazine rings is 1. The molecule has 1 N–H and O–H groups in total. The van der Waals surface area contributed by atoms with Crippen molar-refractivity contribution in [2.45, 2.75) is 41.9 Å². The second kappa shape index (κ2) is 11.2. The number of nitrogens with zero attached hydrogens (tertiary/aromatic N) is 4. The topological polar surface area (TPSA) is 86.2 Å². The Morgan fingerprint density at radius 1 is 1.02 bits per heavy atom. The van der Waals surface area contributed by atoms with Gasteiger partial charge >= 0.3 is 12.4 Å². The number of anilines is 1. The molecule has 2 saturated heterocycles. The summed E-state index contributed by atoms with van der Waals surface area (Å²) in [7, 11) is -3.97. The molecule has 1 aromatic carbocycles. The number of hydrogen-bond donors (Lipinski definition) is 1. The van der Waals surface area contributed by atoms with Gasteiger partial charge in [0.2, 0.25) is 10.0 Å². The fourth-order valence-electron chi connectivity index (χ4n) is 4.89. The number of rotatable bonds is 6. The molecular weight excluding hydrogens is 590 g/mol. The SMILES string of the molecule is C[C@H]1COCCN1C[C@H]1CN(S(=O)(=O)c2ccc(Cl)nc2)CCN1c1ccc(C(O)(C(F)(F)F)C(F)(F)F)cc1. The highest BCUT2D eigenvalue weighted by atomic mass is 35.5. The van der Waals surface area contributed by atoms with E-state index in [4.69, 9.17) is 16.3 Å². The number of morpholine rings is 1. The summed E-state index contributed by atoms with van der Waals surface area (Å²) in [5.74, 6) is 0. The van der Waals surface area contributed by atoms with E-state index >= 15 is 0 Å². The van der Waals surface area contributed by atoms with E-state index < -0.39 is 39.6 Å². The van der Waals surface area contributed by atoms with Gasteiger partial charge in [-0.15, -0.1) is 0 Å². The maximum absolute atomic E-state index is 13.3. The van der Waals surface area contributed by atoms with E-state index in [0.717, 1.165) is 18.3 Å². The third kappa shape index (κ3) is 5.90. The molecule has 222 valence electrons. The molecule has 16 heteroatoms. The van der Waals surface area contributed by atoms with Gasteiger partial charge in [0, 0.05) is 56.2 Å². The van der Waals surface area contributed by atoms with Crippen LogP contribution in [0.4, 0.5) is 32.0 Å². The van der Waals surface area contributed by atoms with Crippen molar-refractivity contribution < 1.29 is 44.6 Å². The Kier molecular flexibility index (Phi) is 8.66. The average Bonchev–Trinajstić information content (AvgIpc) is 2.88. The monoisotopic (exact) mass is 616 g/mol. The second-order valence-electron chi connectivity index (χ2n) is 9.70. The second-order valence-corrected chi connectivity index (χ2v) is 12.0. The van der Waals surface area contributed by atoms with Crippen molar-refractivity contribution in [3.05, 3.63) is 53.3 Å². The van der Waals surface area contributed by atoms with Crippen LogP contribution in [0.5, 0.6) is 0 Å². The molecule has 1 aromatic heterocycles. The Hall–Kier alpha value is -2.17. The van der Waals surface area contributed by atoms with Gasteiger partial charge in [0.1, 0.15) is 10.0 Å². The lowest BCUT2D eigenvalue weighted by molar-refractivity contribution is -0.376. The molecule has 3 heterocycles. The molecule has 0 radical (unpaired) electrons. The van der Waals surface area contributed by atoms with Gasteiger partial charge in [0.15, 0.2) is 0 Å². The number of pyridine rings is 1. The average molecular weight is 617 g/mol. The zero-order valence-electron chi connectivity index (χ0n) is 21.2. The molecule has 2 aliphatic rings. The van der Waals surface area contributed by atoms with Gasteiger partial charge < -0.3 is 14.7 Å². The molecule has 0 unspecified atom stereocenters. The van der Waals surface area contributed by atoms with Gasteiger partial charge in [-0.3, -0.25) is 4.90 Å². The minimum Gasteiger partial charge on any atom is -0.379 e. The van der Waals surface area contributed by atoms with Gasteiger partial charge in [0.25, 0.3) is 5.60 Å². The Labute approximate surface area is 232 Å². The fraction of sp³-hybridized carbons (Fsp3) is 0.542. The van der Waals surface area contributed by atoms with E-state index in [0.29, 0.717) is 38.4 Å². The number of ether oxygens (including phenoxy) is 1. The molecule has 2 aromatic rings. The summed E-state index contributed by atoms with van der Waals surface area (Å²) in [6.07, 6.45) is -10.9. The van der Waals surface area contributed by atoms with Crippen LogP contribution in [0.25, 0.3) is 0 Å². The zero-order chi connectivity index (χ0) is 29.5. The molecule has 40 heavy (non-hydrogen) atoms. The zero-order valence-corrected chi connectivity index (χ0v) is 22.7. The van der Waals surface area contributed by atoms with Crippen molar-refractivity contribution in [3.63, 3.8) is 0 Å². The van der Waals surface area contributed by atoms with Crippen LogP contribution in [0.1, 0.15) is 12.5 Å². The first-order valence-electron chi connectivity index (χ1n) is 12.2. The number of sulfonamides is 1. The lowest BCUT2D eigenvalue weighted by Gasteiger charge is -2.45. The summed E-state index contributed by atoms with van der Waals surface area (Å²) in [6.45, 7) is 3.85. The number of halogens is 7. The van der Waals surface area contributed by atoms with Crippen molar-refractivity contribution >= 4 is 27.3 Å². The van der Waals surface area contributed by atoms with Gasteiger partial charge in [-0.25, -0.2) is 13.4 Å². The van der Waals surface area contributed by atoms with E-state index in [-0.39, 0.29) is 41.4 Å².